The Morgan fingerprint density at radius 3 is 2.67 bits per heavy atom. The van der Waals surface area contributed by atoms with Gasteiger partial charge in [-0.25, -0.2) is 13.2 Å². The number of hydrogen-bond donors (Lipinski definition) is 1. The summed E-state index contributed by atoms with van der Waals surface area (Å²) < 4.78 is 32.6. The number of rotatable bonds is 3. The summed E-state index contributed by atoms with van der Waals surface area (Å²) in [6.45, 7) is 4.41. The van der Waals surface area contributed by atoms with E-state index in [1.165, 1.54) is 22.5 Å². The number of hydrogen-bond acceptors (Lipinski definition) is 4. The lowest BCUT2D eigenvalue weighted by Crippen LogP contribution is -2.50. The molecule has 8 heteroatoms. The van der Waals surface area contributed by atoms with Crippen molar-refractivity contribution < 1.29 is 23.1 Å². The second-order valence-electron chi connectivity index (χ2n) is 5.40. The molecule has 1 fully saturated rings. The van der Waals surface area contributed by atoms with Gasteiger partial charge in [0.1, 0.15) is 0 Å². The third kappa shape index (κ3) is 3.45. The van der Waals surface area contributed by atoms with Crippen molar-refractivity contribution in [1.82, 2.24) is 4.31 Å². The number of ether oxygens (including phenoxy) is 1. The van der Waals surface area contributed by atoms with Crippen LogP contribution in [0.4, 0.5) is 0 Å². The van der Waals surface area contributed by atoms with E-state index in [9.17, 15) is 13.2 Å². The van der Waals surface area contributed by atoms with E-state index >= 15 is 0 Å². The van der Waals surface area contributed by atoms with Gasteiger partial charge in [0.25, 0.3) is 0 Å². The minimum atomic E-state index is -3.78. The van der Waals surface area contributed by atoms with Crippen LogP contribution in [-0.4, -0.2) is 49.1 Å². The highest BCUT2D eigenvalue weighted by Crippen LogP contribution is 2.29. The molecule has 6 nitrogen and oxygen atoms in total. The van der Waals surface area contributed by atoms with Crippen molar-refractivity contribution in [3.8, 4) is 0 Å². The third-order valence-electron chi connectivity index (χ3n) is 3.19. The molecule has 0 bridgehead atoms. The molecule has 1 heterocycles. The summed E-state index contributed by atoms with van der Waals surface area (Å²) in [6, 6.07) is 3.96. The van der Waals surface area contributed by atoms with Crippen LogP contribution in [0.3, 0.4) is 0 Å². The first-order valence-corrected chi connectivity index (χ1v) is 8.54. The molecule has 1 aliphatic rings. The quantitative estimate of drug-likeness (QED) is 0.869. The predicted molar refractivity (Wildman–Crippen MR) is 79.9 cm³/mol. The number of carboxylic acid groups (broad SMARTS) is 1. The maximum absolute atomic E-state index is 12.7. The average molecular weight is 378 g/mol. The van der Waals surface area contributed by atoms with Gasteiger partial charge in [0.2, 0.25) is 10.0 Å². The Labute approximate surface area is 131 Å². The smallest absolute Gasteiger partial charge is 0.335 e. The van der Waals surface area contributed by atoms with Crippen molar-refractivity contribution in [2.45, 2.75) is 24.3 Å². The van der Waals surface area contributed by atoms with Gasteiger partial charge in [0.05, 0.1) is 22.7 Å². The molecule has 0 amide bonds. The largest absolute Gasteiger partial charge is 0.478 e. The number of benzene rings is 1. The van der Waals surface area contributed by atoms with Crippen LogP contribution in [0.5, 0.6) is 0 Å². The van der Waals surface area contributed by atoms with Gasteiger partial charge in [0.15, 0.2) is 0 Å². The molecule has 0 radical (unpaired) electrons. The van der Waals surface area contributed by atoms with Crippen LogP contribution in [0, 0.1) is 0 Å². The van der Waals surface area contributed by atoms with Crippen molar-refractivity contribution in [2.24, 2.45) is 0 Å². The zero-order valence-electron chi connectivity index (χ0n) is 11.7. The summed E-state index contributed by atoms with van der Waals surface area (Å²) in [5.74, 6) is -1.17. The highest BCUT2D eigenvalue weighted by molar-refractivity contribution is 9.10. The summed E-state index contributed by atoms with van der Waals surface area (Å²) >= 11 is 3.18. The van der Waals surface area contributed by atoms with Crippen molar-refractivity contribution in [3.63, 3.8) is 0 Å². The van der Waals surface area contributed by atoms with E-state index in [1.54, 1.807) is 0 Å². The summed E-state index contributed by atoms with van der Waals surface area (Å²) in [6.07, 6.45) is 0. The van der Waals surface area contributed by atoms with Crippen LogP contribution < -0.4 is 0 Å². The normalized spacial score (nSPS) is 19.4. The number of aromatic carboxylic acids is 1. The molecule has 1 aromatic rings. The van der Waals surface area contributed by atoms with Gasteiger partial charge in [-0.15, -0.1) is 0 Å². The van der Waals surface area contributed by atoms with Crippen LogP contribution in [0.15, 0.2) is 27.6 Å². The second kappa shape index (κ2) is 5.68. The molecule has 0 saturated carbocycles. The van der Waals surface area contributed by atoms with E-state index in [1.807, 2.05) is 13.8 Å². The number of carboxylic acids is 1. The van der Waals surface area contributed by atoms with Crippen LogP contribution in [-0.2, 0) is 14.8 Å². The van der Waals surface area contributed by atoms with E-state index in [2.05, 4.69) is 15.9 Å². The molecule has 0 atom stereocenters. The van der Waals surface area contributed by atoms with E-state index in [0.717, 1.165) is 0 Å². The number of halogens is 1. The van der Waals surface area contributed by atoms with Crippen LogP contribution in [0.2, 0.25) is 0 Å². The minimum Gasteiger partial charge on any atom is -0.478 e. The van der Waals surface area contributed by atoms with E-state index < -0.39 is 21.6 Å². The molecule has 1 N–H and O–H groups in total. The molecule has 0 aliphatic carbocycles. The average Bonchev–Trinajstić information content (AvgIpc) is 2.37. The topological polar surface area (TPSA) is 83.9 Å². The Balaban J connectivity index is 2.44. The van der Waals surface area contributed by atoms with Gasteiger partial charge in [-0.3, -0.25) is 0 Å². The van der Waals surface area contributed by atoms with E-state index in [4.69, 9.17) is 9.84 Å². The van der Waals surface area contributed by atoms with Gasteiger partial charge < -0.3 is 9.84 Å². The molecule has 116 valence electrons. The van der Waals surface area contributed by atoms with Crippen LogP contribution >= 0.6 is 15.9 Å². The Hall–Kier alpha value is -0.960. The van der Waals surface area contributed by atoms with Gasteiger partial charge in [-0.05, 0) is 48.0 Å². The third-order valence-corrected chi connectivity index (χ3v) is 6.03. The number of sulfonamides is 1. The highest BCUT2D eigenvalue weighted by Gasteiger charge is 2.36. The predicted octanol–water partition coefficient (Wildman–Crippen LogP) is 1.95. The Morgan fingerprint density at radius 1 is 1.43 bits per heavy atom. The summed E-state index contributed by atoms with van der Waals surface area (Å²) in [5.41, 5.74) is -0.633. The molecule has 1 saturated heterocycles. The zero-order valence-corrected chi connectivity index (χ0v) is 14.1. The lowest BCUT2D eigenvalue weighted by atomic mass is 10.1. The van der Waals surface area contributed by atoms with Crippen LogP contribution in [0.1, 0.15) is 24.2 Å². The Bertz CT molecular complexity index is 671. The number of nitrogens with zero attached hydrogens (tertiary/aromatic N) is 1. The summed E-state index contributed by atoms with van der Waals surface area (Å²) in [7, 11) is -3.78. The Kier molecular flexibility index (Phi) is 4.44. The molecule has 1 aliphatic heterocycles. The zero-order chi connectivity index (χ0) is 15.8. The fourth-order valence-electron chi connectivity index (χ4n) is 2.15. The van der Waals surface area contributed by atoms with Gasteiger partial charge in [0, 0.05) is 17.6 Å². The summed E-state index contributed by atoms with van der Waals surface area (Å²) in [4.78, 5) is 11.0. The lowest BCUT2D eigenvalue weighted by molar-refractivity contribution is -0.0640. The minimum absolute atomic E-state index is 0.0416. The molecular weight excluding hydrogens is 362 g/mol. The monoisotopic (exact) mass is 377 g/mol. The van der Waals surface area contributed by atoms with Gasteiger partial charge in [-0.1, -0.05) is 0 Å². The number of morpholine rings is 1. The molecule has 2 rings (SSSR count). The van der Waals surface area contributed by atoms with Crippen molar-refractivity contribution >= 4 is 31.9 Å². The number of carbonyl (C=O) groups is 1. The highest BCUT2D eigenvalue weighted by atomic mass is 79.9. The molecule has 0 aromatic heterocycles. The second-order valence-corrected chi connectivity index (χ2v) is 8.16. The molecule has 0 spiro atoms. The first-order chi connectivity index (χ1) is 9.63. The van der Waals surface area contributed by atoms with Crippen molar-refractivity contribution in [1.29, 1.82) is 0 Å². The van der Waals surface area contributed by atoms with Crippen molar-refractivity contribution in [3.05, 3.63) is 28.2 Å². The first-order valence-electron chi connectivity index (χ1n) is 6.30. The maximum Gasteiger partial charge on any atom is 0.335 e. The van der Waals surface area contributed by atoms with Crippen molar-refractivity contribution in [2.75, 3.05) is 19.7 Å². The Morgan fingerprint density at radius 2 is 2.10 bits per heavy atom. The standard InChI is InChI=1S/C13H16BrNO5S/c1-13(2)8-15(5-6-20-13)21(18,19)11-7-9(12(16)17)3-4-10(11)14/h3-4,7H,5-6,8H2,1-2H3,(H,16,17). The lowest BCUT2D eigenvalue weighted by Gasteiger charge is -2.37. The maximum atomic E-state index is 12.7. The molecule has 0 unspecified atom stereocenters. The summed E-state index contributed by atoms with van der Waals surface area (Å²) in [5, 5.41) is 9.02. The van der Waals surface area contributed by atoms with E-state index in [-0.39, 0.29) is 23.5 Å². The fraction of sp³-hybridized carbons (Fsp3) is 0.462. The SMILES string of the molecule is CC1(C)CN(S(=O)(=O)c2cc(C(=O)O)ccc2Br)CCO1. The van der Waals surface area contributed by atoms with E-state index in [0.29, 0.717) is 11.1 Å². The molecule has 21 heavy (non-hydrogen) atoms. The first kappa shape index (κ1) is 16.4. The van der Waals surface area contributed by atoms with Gasteiger partial charge >= 0.3 is 5.97 Å². The molecular formula is C13H16BrNO5S. The van der Waals surface area contributed by atoms with Gasteiger partial charge in [-0.2, -0.15) is 4.31 Å². The molecule has 1 aromatic carbocycles. The fourth-order valence-corrected chi connectivity index (χ4v) is 4.68. The van der Waals surface area contributed by atoms with Crippen LogP contribution in [0.25, 0.3) is 0 Å².